The summed E-state index contributed by atoms with van der Waals surface area (Å²) in [5.74, 6) is 1.20. The van der Waals surface area contributed by atoms with E-state index >= 15 is 0 Å². The number of ether oxygens (including phenoxy) is 2. The fraction of sp³-hybridized carbons (Fsp3) is 0.231. The summed E-state index contributed by atoms with van der Waals surface area (Å²) >= 11 is 5.37. The smallest absolute Gasteiger partial charge is 0.257 e. The molecule has 1 aromatic heterocycles. The van der Waals surface area contributed by atoms with E-state index in [0.29, 0.717) is 23.4 Å². The second kappa shape index (κ2) is 10.5. The highest BCUT2D eigenvalue weighted by Gasteiger charge is 2.12. The van der Waals surface area contributed by atoms with Crippen LogP contribution < -0.4 is 20.1 Å². The Kier molecular flexibility index (Phi) is 7.26. The van der Waals surface area contributed by atoms with E-state index in [1.54, 1.807) is 29.1 Å². The van der Waals surface area contributed by atoms with Crippen molar-refractivity contribution < 1.29 is 14.3 Å². The van der Waals surface area contributed by atoms with Crippen LogP contribution in [0, 0.1) is 6.92 Å². The maximum Gasteiger partial charge on any atom is 0.257 e. The van der Waals surface area contributed by atoms with Crippen LogP contribution in [-0.4, -0.2) is 38.7 Å². The van der Waals surface area contributed by atoms with Gasteiger partial charge in [0.05, 0.1) is 18.4 Å². The zero-order chi connectivity index (χ0) is 24.9. The van der Waals surface area contributed by atoms with Crippen LogP contribution in [0.3, 0.4) is 0 Å². The summed E-state index contributed by atoms with van der Waals surface area (Å²) in [7, 11) is 0. The fourth-order valence-corrected chi connectivity index (χ4v) is 3.65. The molecule has 2 N–H and O–H groups in total. The van der Waals surface area contributed by atoms with Crippen molar-refractivity contribution >= 4 is 40.0 Å². The van der Waals surface area contributed by atoms with Crippen LogP contribution in [0.4, 0.5) is 5.69 Å². The topological polar surface area (TPSA) is 90.3 Å². The second-order valence-corrected chi connectivity index (χ2v) is 8.58. The standard InChI is InChI=1S/C26H27N5O3S/c1-5-33-20-12-8-19(9-13-20)31-29-23-14-17(4)22(15-24(23)30-31)27-26(35)28-25(32)18-6-10-21(11-7-18)34-16(2)3/h6-16H,5H2,1-4H3,(H2,27,28,32,35). The number of benzene rings is 3. The van der Waals surface area contributed by atoms with E-state index in [2.05, 4.69) is 20.8 Å². The third-order valence-electron chi connectivity index (χ3n) is 5.07. The van der Waals surface area contributed by atoms with Crippen LogP contribution in [0.2, 0.25) is 0 Å². The lowest BCUT2D eigenvalue weighted by molar-refractivity contribution is 0.0977. The summed E-state index contributed by atoms with van der Waals surface area (Å²) in [6, 6.07) is 18.3. The number of carbonyl (C=O) groups excluding carboxylic acids is 1. The molecule has 4 rings (SSSR count). The number of amides is 1. The van der Waals surface area contributed by atoms with Gasteiger partial charge in [-0.1, -0.05) is 0 Å². The Bertz CT molecular complexity index is 1350. The maximum atomic E-state index is 12.6. The molecule has 1 heterocycles. The zero-order valence-electron chi connectivity index (χ0n) is 20.0. The van der Waals surface area contributed by atoms with Crippen LogP contribution in [0.1, 0.15) is 36.7 Å². The molecule has 4 aromatic rings. The minimum Gasteiger partial charge on any atom is -0.494 e. The molecular weight excluding hydrogens is 462 g/mol. The third-order valence-corrected chi connectivity index (χ3v) is 5.27. The Labute approximate surface area is 209 Å². The lowest BCUT2D eigenvalue weighted by Crippen LogP contribution is -2.34. The Morgan fingerprint density at radius 1 is 1.00 bits per heavy atom. The number of aryl methyl sites for hydroxylation is 1. The van der Waals surface area contributed by atoms with Gasteiger partial charge in [0, 0.05) is 11.3 Å². The lowest BCUT2D eigenvalue weighted by atomic mass is 10.2. The molecular formula is C26H27N5O3S. The summed E-state index contributed by atoms with van der Waals surface area (Å²) in [4.78, 5) is 14.2. The van der Waals surface area contributed by atoms with Crippen LogP contribution >= 0.6 is 12.2 Å². The highest BCUT2D eigenvalue weighted by atomic mass is 32.1. The summed E-state index contributed by atoms with van der Waals surface area (Å²) in [5.41, 5.74) is 4.41. The fourth-order valence-electron chi connectivity index (χ4n) is 3.45. The van der Waals surface area contributed by atoms with Crippen LogP contribution in [0.5, 0.6) is 11.5 Å². The Hall–Kier alpha value is -3.98. The molecule has 0 aliphatic rings. The van der Waals surface area contributed by atoms with Crippen LogP contribution in [0.25, 0.3) is 16.7 Å². The molecule has 9 heteroatoms. The molecule has 0 aliphatic heterocycles. The maximum absolute atomic E-state index is 12.6. The molecule has 35 heavy (non-hydrogen) atoms. The first-order valence-corrected chi connectivity index (χ1v) is 11.7. The van der Waals surface area contributed by atoms with Gasteiger partial charge in [-0.05, 0) is 106 Å². The molecule has 0 saturated heterocycles. The predicted octanol–water partition coefficient (Wildman–Crippen LogP) is 5.04. The number of aromatic nitrogens is 3. The summed E-state index contributed by atoms with van der Waals surface area (Å²) < 4.78 is 11.1. The number of anilines is 1. The minimum absolute atomic E-state index is 0.0644. The van der Waals surface area contributed by atoms with Crippen LogP contribution in [-0.2, 0) is 0 Å². The van der Waals surface area contributed by atoms with Crippen molar-refractivity contribution in [2.45, 2.75) is 33.8 Å². The molecule has 0 atom stereocenters. The average Bonchev–Trinajstić information content (AvgIpc) is 3.22. The van der Waals surface area contributed by atoms with Gasteiger partial charge in [0.1, 0.15) is 22.5 Å². The number of nitrogens with one attached hydrogen (secondary N) is 2. The van der Waals surface area contributed by atoms with E-state index in [4.69, 9.17) is 21.7 Å². The van der Waals surface area contributed by atoms with Gasteiger partial charge in [-0.3, -0.25) is 10.1 Å². The Morgan fingerprint density at radius 3 is 2.26 bits per heavy atom. The summed E-state index contributed by atoms with van der Waals surface area (Å²) in [6.07, 6.45) is 0.0644. The number of hydrogen-bond donors (Lipinski definition) is 2. The van der Waals surface area contributed by atoms with Gasteiger partial charge in [0.2, 0.25) is 0 Å². The molecule has 0 saturated carbocycles. The molecule has 0 unspecified atom stereocenters. The first-order valence-electron chi connectivity index (χ1n) is 11.3. The zero-order valence-corrected chi connectivity index (χ0v) is 20.8. The van der Waals surface area contributed by atoms with Gasteiger partial charge < -0.3 is 14.8 Å². The molecule has 180 valence electrons. The minimum atomic E-state index is -0.307. The van der Waals surface area contributed by atoms with E-state index < -0.39 is 0 Å². The van der Waals surface area contributed by atoms with E-state index in [9.17, 15) is 4.79 Å². The van der Waals surface area contributed by atoms with Crippen molar-refractivity contribution in [2.75, 3.05) is 11.9 Å². The summed E-state index contributed by atoms with van der Waals surface area (Å²) in [6.45, 7) is 8.40. The SMILES string of the molecule is CCOc1ccc(-n2nc3cc(C)c(NC(=S)NC(=O)c4ccc(OC(C)C)cc4)cc3n2)cc1. The normalized spacial score (nSPS) is 10.9. The van der Waals surface area contributed by atoms with E-state index in [-0.39, 0.29) is 17.1 Å². The lowest BCUT2D eigenvalue weighted by Gasteiger charge is -2.12. The number of rotatable bonds is 7. The highest BCUT2D eigenvalue weighted by molar-refractivity contribution is 7.80. The quantitative estimate of drug-likeness (QED) is 0.352. The van der Waals surface area contributed by atoms with E-state index in [0.717, 1.165) is 28.2 Å². The van der Waals surface area contributed by atoms with Gasteiger partial charge in [0.25, 0.3) is 5.91 Å². The first kappa shape index (κ1) is 24.2. The molecule has 0 fully saturated rings. The molecule has 0 bridgehead atoms. The monoisotopic (exact) mass is 489 g/mol. The Morgan fingerprint density at radius 2 is 1.63 bits per heavy atom. The predicted molar refractivity (Wildman–Crippen MR) is 141 cm³/mol. The van der Waals surface area contributed by atoms with Gasteiger partial charge in [-0.15, -0.1) is 10.2 Å². The average molecular weight is 490 g/mol. The first-order chi connectivity index (χ1) is 16.8. The number of carbonyl (C=O) groups is 1. The number of thiocarbonyl (C=S) groups is 1. The van der Waals surface area contributed by atoms with Gasteiger partial charge in [0.15, 0.2) is 5.11 Å². The van der Waals surface area contributed by atoms with Crippen molar-refractivity contribution in [1.82, 2.24) is 20.3 Å². The molecule has 1 amide bonds. The largest absolute Gasteiger partial charge is 0.494 e. The molecule has 8 nitrogen and oxygen atoms in total. The van der Waals surface area contributed by atoms with E-state index in [1.165, 1.54) is 0 Å². The van der Waals surface area contributed by atoms with Gasteiger partial charge in [-0.2, -0.15) is 4.80 Å². The highest BCUT2D eigenvalue weighted by Crippen LogP contribution is 2.23. The third kappa shape index (κ3) is 5.93. The van der Waals surface area contributed by atoms with Crippen molar-refractivity contribution in [3.63, 3.8) is 0 Å². The van der Waals surface area contributed by atoms with E-state index in [1.807, 2.05) is 64.1 Å². The molecule has 3 aromatic carbocycles. The molecule has 0 radical (unpaired) electrons. The second-order valence-electron chi connectivity index (χ2n) is 8.17. The molecule has 0 aliphatic carbocycles. The summed E-state index contributed by atoms with van der Waals surface area (Å²) in [5, 5.41) is 15.2. The number of nitrogens with zero attached hydrogens (tertiary/aromatic N) is 3. The molecule has 0 spiro atoms. The van der Waals surface area contributed by atoms with Gasteiger partial charge >= 0.3 is 0 Å². The van der Waals surface area contributed by atoms with Crippen LogP contribution in [0.15, 0.2) is 60.7 Å². The van der Waals surface area contributed by atoms with Crippen molar-refractivity contribution in [1.29, 1.82) is 0 Å². The van der Waals surface area contributed by atoms with Crippen molar-refractivity contribution in [2.24, 2.45) is 0 Å². The van der Waals surface area contributed by atoms with Crippen molar-refractivity contribution in [3.8, 4) is 17.2 Å². The van der Waals surface area contributed by atoms with Crippen molar-refractivity contribution in [3.05, 3.63) is 71.8 Å². The number of hydrogen-bond acceptors (Lipinski definition) is 6. The number of fused-ring (bicyclic) bond motifs is 1. The van der Waals surface area contributed by atoms with Gasteiger partial charge in [-0.25, -0.2) is 0 Å². The Balaban J connectivity index is 1.45.